The van der Waals surface area contributed by atoms with Gasteiger partial charge in [-0.3, -0.25) is 4.79 Å². The molecule has 0 aliphatic heterocycles. The van der Waals surface area contributed by atoms with Gasteiger partial charge in [-0.05, 0) is 11.8 Å². The van der Waals surface area contributed by atoms with Crippen LogP contribution in [0.5, 0.6) is 0 Å². The highest BCUT2D eigenvalue weighted by Gasteiger charge is 2.33. The number of carbonyl (C=O) groups is 2. The van der Waals surface area contributed by atoms with E-state index in [1.54, 1.807) is 27.7 Å². The number of amides is 1. The molecule has 0 spiro atoms. The number of hydrogen-bond donors (Lipinski definition) is 3. The van der Waals surface area contributed by atoms with Gasteiger partial charge in [0.05, 0.1) is 6.04 Å². The molecule has 0 fully saturated rings. The van der Waals surface area contributed by atoms with Crippen molar-refractivity contribution in [3.8, 4) is 0 Å². The summed E-state index contributed by atoms with van der Waals surface area (Å²) in [4.78, 5) is 22.4. The summed E-state index contributed by atoms with van der Waals surface area (Å²) < 4.78 is 0. The molecule has 88 valence electrons. The van der Waals surface area contributed by atoms with E-state index in [1.807, 2.05) is 0 Å². The van der Waals surface area contributed by atoms with E-state index in [4.69, 9.17) is 10.8 Å². The van der Waals surface area contributed by atoms with Crippen molar-refractivity contribution in [1.82, 2.24) is 5.32 Å². The summed E-state index contributed by atoms with van der Waals surface area (Å²) in [6, 6.07) is -1.56. The van der Waals surface area contributed by atoms with E-state index < -0.39 is 29.4 Å². The minimum Gasteiger partial charge on any atom is -0.480 e. The molecule has 0 saturated carbocycles. The summed E-state index contributed by atoms with van der Waals surface area (Å²) in [6.45, 7) is 7.04. The van der Waals surface area contributed by atoms with Gasteiger partial charge in [-0.15, -0.1) is 0 Å². The molecule has 0 aliphatic rings. The lowest BCUT2D eigenvalue weighted by molar-refractivity contribution is -0.145. The topological polar surface area (TPSA) is 92.4 Å². The Morgan fingerprint density at radius 2 is 1.87 bits per heavy atom. The molecule has 15 heavy (non-hydrogen) atoms. The van der Waals surface area contributed by atoms with Gasteiger partial charge in [0.2, 0.25) is 5.91 Å². The van der Waals surface area contributed by atoms with Gasteiger partial charge < -0.3 is 16.2 Å². The zero-order chi connectivity index (χ0) is 12.2. The third kappa shape index (κ3) is 4.29. The van der Waals surface area contributed by atoms with Crippen LogP contribution in [-0.2, 0) is 9.59 Å². The summed E-state index contributed by atoms with van der Waals surface area (Å²) in [5.74, 6) is -1.46. The van der Waals surface area contributed by atoms with Crippen molar-refractivity contribution in [2.45, 2.75) is 46.2 Å². The lowest BCUT2D eigenvalue weighted by Gasteiger charge is -2.28. The van der Waals surface area contributed by atoms with Crippen LogP contribution in [0.2, 0.25) is 0 Å². The number of carboxylic acid groups (broad SMARTS) is 1. The van der Waals surface area contributed by atoms with Gasteiger partial charge in [0.15, 0.2) is 0 Å². The molecule has 5 heteroatoms. The van der Waals surface area contributed by atoms with Gasteiger partial charge in [0, 0.05) is 0 Å². The first-order chi connectivity index (χ1) is 6.70. The van der Waals surface area contributed by atoms with Crippen molar-refractivity contribution in [2.24, 2.45) is 11.1 Å². The molecule has 0 saturated heterocycles. The molecule has 1 unspecified atom stereocenters. The van der Waals surface area contributed by atoms with Crippen LogP contribution in [0.25, 0.3) is 0 Å². The molecule has 5 nitrogen and oxygen atoms in total. The van der Waals surface area contributed by atoms with Crippen LogP contribution in [0.1, 0.15) is 34.1 Å². The minimum atomic E-state index is -1.04. The molecule has 0 aliphatic carbocycles. The van der Waals surface area contributed by atoms with Crippen LogP contribution < -0.4 is 11.1 Å². The molecule has 2 atom stereocenters. The van der Waals surface area contributed by atoms with Crippen molar-refractivity contribution in [2.75, 3.05) is 0 Å². The summed E-state index contributed by atoms with van der Waals surface area (Å²) in [5.41, 5.74) is 4.97. The van der Waals surface area contributed by atoms with E-state index in [1.165, 1.54) is 0 Å². The van der Waals surface area contributed by atoms with Crippen LogP contribution in [-0.4, -0.2) is 29.1 Å². The Hall–Kier alpha value is -1.10. The molecule has 0 aromatic rings. The molecule has 0 rings (SSSR count). The van der Waals surface area contributed by atoms with Crippen molar-refractivity contribution < 1.29 is 14.7 Å². The molecule has 4 N–H and O–H groups in total. The van der Waals surface area contributed by atoms with Gasteiger partial charge in [-0.2, -0.15) is 0 Å². The summed E-state index contributed by atoms with van der Waals surface area (Å²) in [5, 5.41) is 11.4. The first-order valence-corrected chi connectivity index (χ1v) is 4.99. The van der Waals surface area contributed by atoms with E-state index in [9.17, 15) is 9.59 Å². The van der Waals surface area contributed by atoms with Crippen LogP contribution in [0, 0.1) is 5.41 Å². The lowest BCUT2D eigenvalue weighted by atomic mass is 9.86. The van der Waals surface area contributed by atoms with Crippen LogP contribution in [0.15, 0.2) is 0 Å². The van der Waals surface area contributed by atoms with Gasteiger partial charge >= 0.3 is 5.97 Å². The number of carboxylic acids is 1. The van der Waals surface area contributed by atoms with Gasteiger partial charge in [0.1, 0.15) is 6.04 Å². The van der Waals surface area contributed by atoms with Crippen molar-refractivity contribution in [1.29, 1.82) is 0 Å². The number of hydrogen-bond acceptors (Lipinski definition) is 3. The van der Waals surface area contributed by atoms with Crippen molar-refractivity contribution >= 4 is 11.9 Å². The van der Waals surface area contributed by atoms with E-state index in [-0.39, 0.29) is 0 Å². The molecule has 0 bridgehead atoms. The first-order valence-electron chi connectivity index (χ1n) is 4.99. The maximum Gasteiger partial charge on any atom is 0.326 e. The summed E-state index contributed by atoms with van der Waals surface area (Å²) >= 11 is 0. The Balaban J connectivity index is 4.58. The molecule has 0 aromatic carbocycles. The average Bonchev–Trinajstić information content (AvgIpc) is 2.09. The Bertz CT molecular complexity index is 246. The van der Waals surface area contributed by atoms with Crippen LogP contribution in [0.3, 0.4) is 0 Å². The highest BCUT2D eigenvalue weighted by molar-refractivity contribution is 5.87. The highest BCUT2D eigenvalue weighted by atomic mass is 16.4. The normalized spacial score (nSPS) is 15.5. The minimum absolute atomic E-state index is 0.417. The molecule has 1 amide bonds. The lowest BCUT2D eigenvalue weighted by Crippen LogP contribution is -2.53. The quantitative estimate of drug-likeness (QED) is 0.631. The van der Waals surface area contributed by atoms with Crippen molar-refractivity contribution in [3.05, 3.63) is 0 Å². The monoisotopic (exact) mass is 216 g/mol. The maximum atomic E-state index is 11.4. The molecule has 0 aromatic heterocycles. The second kappa shape index (κ2) is 5.11. The number of aliphatic carboxylic acids is 1. The van der Waals surface area contributed by atoms with E-state index >= 15 is 0 Å². The predicted molar refractivity (Wildman–Crippen MR) is 57.3 cm³/mol. The molecular formula is C10H20N2O3. The Labute approximate surface area is 90.0 Å². The third-order valence-electron chi connectivity index (χ3n) is 2.18. The van der Waals surface area contributed by atoms with Gasteiger partial charge in [0.25, 0.3) is 0 Å². The standard InChI is InChI=1S/C10H20N2O3/c1-5-6(11)8(13)12-7(9(14)15)10(2,3)4/h6-7H,5,11H2,1-4H3,(H,12,13)(H,14,15)/t6-,7?/m0/s1. The molecule has 0 radical (unpaired) electrons. The largest absolute Gasteiger partial charge is 0.480 e. The molecular weight excluding hydrogens is 196 g/mol. The van der Waals surface area contributed by atoms with Gasteiger partial charge in [-0.25, -0.2) is 4.79 Å². The average molecular weight is 216 g/mol. The summed E-state index contributed by atoms with van der Waals surface area (Å²) in [7, 11) is 0. The Morgan fingerprint density at radius 3 is 2.13 bits per heavy atom. The van der Waals surface area contributed by atoms with Crippen LogP contribution in [0.4, 0.5) is 0 Å². The zero-order valence-corrected chi connectivity index (χ0v) is 9.70. The zero-order valence-electron chi connectivity index (χ0n) is 9.70. The second-order valence-electron chi connectivity index (χ2n) is 4.66. The number of rotatable bonds is 4. The van der Waals surface area contributed by atoms with E-state index in [0.29, 0.717) is 6.42 Å². The maximum absolute atomic E-state index is 11.4. The SMILES string of the molecule is CC[C@H](N)C(=O)NC(C(=O)O)C(C)(C)C. The Kier molecular flexibility index (Phi) is 4.74. The van der Waals surface area contributed by atoms with Crippen molar-refractivity contribution in [3.63, 3.8) is 0 Å². The number of nitrogens with one attached hydrogen (secondary N) is 1. The fourth-order valence-corrected chi connectivity index (χ4v) is 1.08. The number of carbonyl (C=O) groups excluding carboxylic acids is 1. The number of nitrogens with two attached hydrogens (primary N) is 1. The van der Waals surface area contributed by atoms with Gasteiger partial charge in [-0.1, -0.05) is 27.7 Å². The Morgan fingerprint density at radius 1 is 1.40 bits per heavy atom. The third-order valence-corrected chi connectivity index (χ3v) is 2.18. The summed E-state index contributed by atoms with van der Waals surface area (Å²) in [6.07, 6.45) is 0.488. The second-order valence-corrected chi connectivity index (χ2v) is 4.66. The van der Waals surface area contributed by atoms with Crippen LogP contribution >= 0.6 is 0 Å². The molecule has 0 heterocycles. The van der Waals surface area contributed by atoms with E-state index in [2.05, 4.69) is 5.32 Å². The highest BCUT2D eigenvalue weighted by Crippen LogP contribution is 2.19. The van der Waals surface area contributed by atoms with E-state index in [0.717, 1.165) is 0 Å². The first kappa shape index (κ1) is 13.9. The smallest absolute Gasteiger partial charge is 0.326 e. The fourth-order valence-electron chi connectivity index (χ4n) is 1.08. The fraction of sp³-hybridized carbons (Fsp3) is 0.800. The predicted octanol–water partition coefficient (Wildman–Crippen LogP) is 0.339.